The lowest BCUT2D eigenvalue weighted by Crippen LogP contribution is -2.24. The Kier molecular flexibility index (Phi) is 3.35. The number of pyridine rings is 1. The van der Waals surface area contributed by atoms with E-state index in [1.54, 1.807) is 6.20 Å². The van der Waals surface area contributed by atoms with Crippen molar-refractivity contribution in [2.45, 2.75) is 6.92 Å². The maximum atomic E-state index is 12.2. The second kappa shape index (κ2) is 5.18. The molecule has 0 saturated carbocycles. The minimum Gasteiger partial charge on any atom is -0.397 e. The van der Waals surface area contributed by atoms with Gasteiger partial charge in [0, 0.05) is 28.2 Å². The van der Waals surface area contributed by atoms with Crippen molar-refractivity contribution >= 4 is 43.9 Å². The summed E-state index contributed by atoms with van der Waals surface area (Å²) in [6.45, 7) is 6.09. The molecule has 0 unspecified atom stereocenters. The van der Waals surface area contributed by atoms with Gasteiger partial charge in [-0.05, 0) is 13.0 Å². The number of anilines is 1. The highest BCUT2D eigenvalue weighted by Gasteiger charge is 2.17. The van der Waals surface area contributed by atoms with Crippen LogP contribution in [0.15, 0.2) is 42.6 Å². The summed E-state index contributed by atoms with van der Waals surface area (Å²) in [5, 5.41) is 4.67. The first-order valence-electron chi connectivity index (χ1n) is 6.56. The van der Waals surface area contributed by atoms with Crippen LogP contribution in [0.3, 0.4) is 0 Å². The number of hydrogen-bond donors (Lipinski definition) is 2. The normalized spacial score (nSPS) is 10.9. The van der Waals surface area contributed by atoms with Crippen molar-refractivity contribution in [1.82, 2.24) is 10.3 Å². The monoisotopic (exact) mass is 297 g/mol. The van der Waals surface area contributed by atoms with Crippen molar-refractivity contribution in [3.63, 3.8) is 0 Å². The molecule has 2 heterocycles. The zero-order valence-corrected chi connectivity index (χ0v) is 12.5. The van der Waals surface area contributed by atoms with E-state index >= 15 is 0 Å². The Hall–Kier alpha value is -2.40. The van der Waals surface area contributed by atoms with E-state index in [0.717, 1.165) is 26.6 Å². The lowest BCUT2D eigenvalue weighted by molar-refractivity contribution is 0.0962. The first-order chi connectivity index (χ1) is 10.1. The number of amides is 1. The van der Waals surface area contributed by atoms with Crippen LogP contribution in [0.1, 0.15) is 16.6 Å². The molecule has 0 bridgehead atoms. The van der Waals surface area contributed by atoms with Crippen LogP contribution in [0.2, 0.25) is 0 Å². The molecule has 0 saturated heterocycles. The third-order valence-corrected chi connectivity index (χ3v) is 4.48. The number of carbonyl (C=O) groups excluding carboxylic acids is 1. The van der Waals surface area contributed by atoms with Crippen LogP contribution in [0, 0.1) is 0 Å². The molecule has 2 aromatic heterocycles. The number of hydrogen-bond acceptors (Lipinski definition) is 4. The molecule has 21 heavy (non-hydrogen) atoms. The fourth-order valence-electron chi connectivity index (χ4n) is 2.18. The van der Waals surface area contributed by atoms with Crippen LogP contribution in [-0.4, -0.2) is 17.4 Å². The number of thiophene rings is 1. The molecule has 0 aliphatic rings. The van der Waals surface area contributed by atoms with Gasteiger partial charge in [-0.15, -0.1) is 11.3 Å². The van der Waals surface area contributed by atoms with Gasteiger partial charge < -0.3 is 11.1 Å². The number of benzene rings is 1. The van der Waals surface area contributed by atoms with Crippen LogP contribution in [0.4, 0.5) is 5.69 Å². The van der Waals surface area contributed by atoms with Gasteiger partial charge in [-0.1, -0.05) is 30.4 Å². The van der Waals surface area contributed by atoms with Gasteiger partial charge in [0.25, 0.3) is 5.91 Å². The van der Waals surface area contributed by atoms with Gasteiger partial charge in [-0.25, -0.2) is 0 Å². The third kappa shape index (κ3) is 2.36. The minimum absolute atomic E-state index is 0.166. The molecule has 0 aliphatic heterocycles. The number of nitrogen functional groups attached to an aromatic ring is 1. The van der Waals surface area contributed by atoms with Gasteiger partial charge in [-0.2, -0.15) is 0 Å². The molecule has 5 heteroatoms. The predicted octanol–water partition coefficient (Wildman–Crippen LogP) is 3.34. The van der Waals surface area contributed by atoms with Crippen molar-refractivity contribution in [2.24, 2.45) is 0 Å². The summed E-state index contributed by atoms with van der Waals surface area (Å²) in [7, 11) is 0. The van der Waals surface area contributed by atoms with Gasteiger partial charge in [0.1, 0.15) is 4.88 Å². The zero-order chi connectivity index (χ0) is 15.0. The number of carbonyl (C=O) groups is 1. The van der Waals surface area contributed by atoms with E-state index in [0.29, 0.717) is 17.1 Å². The highest BCUT2D eigenvalue weighted by molar-refractivity contribution is 7.22. The van der Waals surface area contributed by atoms with Crippen molar-refractivity contribution in [2.75, 3.05) is 12.3 Å². The van der Waals surface area contributed by atoms with Crippen molar-refractivity contribution in [3.8, 4) is 0 Å². The minimum atomic E-state index is -0.166. The molecule has 106 valence electrons. The summed E-state index contributed by atoms with van der Waals surface area (Å²) in [6.07, 6.45) is 1.74. The number of aromatic nitrogens is 1. The molecule has 0 atom stereocenters. The van der Waals surface area contributed by atoms with E-state index in [1.807, 2.05) is 31.2 Å². The second-order valence-electron chi connectivity index (χ2n) is 5.00. The van der Waals surface area contributed by atoms with Crippen LogP contribution in [0.25, 0.3) is 21.0 Å². The van der Waals surface area contributed by atoms with E-state index in [9.17, 15) is 4.79 Å². The molecule has 1 amide bonds. The Labute approximate surface area is 126 Å². The smallest absolute Gasteiger partial charge is 0.263 e. The van der Waals surface area contributed by atoms with Gasteiger partial charge in [0.2, 0.25) is 0 Å². The average Bonchev–Trinajstić information content (AvgIpc) is 2.82. The summed E-state index contributed by atoms with van der Waals surface area (Å²) < 4.78 is 0.999. The molecule has 0 aliphatic carbocycles. The Morgan fingerprint density at radius 1 is 1.38 bits per heavy atom. The summed E-state index contributed by atoms with van der Waals surface area (Å²) >= 11 is 1.41. The SMILES string of the molecule is C=C(C)CNC(=O)c1sc2c(cnc3ccccc32)c1N. The van der Waals surface area contributed by atoms with Crippen LogP contribution in [-0.2, 0) is 0 Å². The van der Waals surface area contributed by atoms with E-state index < -0.39 is 0 Å². The summed E-state index contributed by atoms with van der Waals surface area (Å²) in [5.74, 6) is -0.166. The molecule has 0 radical (unpaired) electrons. The van der Waals surface area contributed by atoms with E-state index in [-0.39, 0.29) is 5.91 Å². The fourth-order valence-corrected chi connectivity index (χ4v) is 3.32. The van der Waals surface area contributed by atoms with Gasteiger partial charge in [0.05, 0.1) is 11.2 Å². The van der Waals surface area contributed by atoms with Crippen LogP contribution >= 0.6 is 11.3 Å². The van der Waals surface area contributed by atoms with Gasteiger partial charge in [0.15, 0.2) is 0 Å². The number of nitrogens with two attached hydrogens (primary N) is 1. The Morgan fingerprint density at radius 2 is 2.14 bits per heavy atom. The predicted molar refractivity (Wildman–Crippen MR) is 88.7 cm³/mol. The number of rotatable bonds is 3. The Bertz CT molecular complexity index is 866. The number of nitrogens with zero attached hydrogens (tertiary/aromatic N) is 1. The van der Waals surface area contributed by atoms with E-state index in [4.69, 9.17) is 5.73 Å². The first kappa shape index (κ1) is 13.6. The highest BCUT2D eigenvalue weighted by atomic mass is 32.1. The lowest BCUT2D eigenvalue weighted by Gasteiger charge is -2.03. The van der Waals surface area contributed by atoms with Crippen molar-refractivity contribution in [1.29, 1.82) is 0 Å². The third-order valence-electron chi connectivity index (χ3n) is 3.22. The number of fused-ring (bicyclic) bond motifs is 3. The van der Waals surface area contributed by atoms with Gasteiger partial charge >= 0.3 is 0 Å². The summed E-state index contributed by atoms with van der Waals surface area (Å²) in [5.41, 5.74) is 8.42. The molecule has 3 aromatic rings. The molecule has 3 rings (SSSR count). The highest BCUT2D eigenvalue weighted by Crippen LogP contribution is 2.37. The molecule has 0 spiro atoms. The standard InChI is InChI=1S/C16H15N3OS/c1-9(2)7-19-16(20)15-13(17)11-8-18-12-6-4-3-5-10(12)14(11)21-15/h3-6,8H,1,7,17H2,2H3,(H,19,20). The molecular weight excluding hydrogens is 282 g/mol. The molecule has 1 aromatic carbocycles. The average molecular weight is 297 g/mol. The molecule has 4 nitrogen and oxygen atoms in total. The zero-order valence-electron chi connectivity index (χ0n) is 11.6. The topological polar surface area (TPSA) is 68.0 Å². The lowest BCUT2D eigenvalue weighted by atomic mass is 10.1. The van der Waals surface area contributed by atoms with E-state index in [2.05, 4.69) is 16.9 Å². The fraction of sp³-hybridized carbons (Fsp3) is 0.125. The van der Waals surface area contributed by atoms with Crippen molar-refractivity contribution in [3.05, 3.63) is 47.5 Å². The number of para-hydroxylation sites is 1. The van der Waals surface area contributed by atoms with Crippen molar-refractivity contribution < 1.29 is 4.79 Å². The Balaban J connectivity index is 2.12. The molecule has 3 N–H and O–H groups in total. The summed E-state index contributed by atoms with van der Waals surface area (Å²) in [6, 6.07) is 7.85. The largest absolute Gasteiger partial charge is 0.397 e. The summed E-state index contributed by atoms with van der Waals surface area (Å²) in [4.78, 5) is 17.2. The maximum Gasteiger partial charge on any atom is 0.263 e. The quantitative estimate of drug-likeness (QED) is 0.729. The molecular formula is C16H15N3OS. The second-order valence-corrected chi connectivity index (χ2v) is 6.02. The maximum absolute atomic E-state index is 12.2. The van der Waals surface area contributed by atoms with Gasteiger partial charge in [-0.3, -0.25) is 9.78 Å². The number of nitrogens with one attached hydrogen (secondary N) is 1. The Morgan fingerprint density at radius 3 is 2.90 bits per heavy atom. The molecule has 0 fully saturated rings. The van der Waals surface area contributed by atoms with Crippen LogP contribution in [0.5, 0.6) is 0 Å². The first-order valence-corrected chi connectivity index (χ1v) is 7.38. The van der Waals surface area contributed by atoms with Crippen LogP contribution < -0.4 is 11.1 Å². The van der Waals surface area contributed by atoms with E-state index in [1.165, 1.54) is 11.3 Å².